The number of carbonyl (C=O) groups excluding carboxylic acids is 1. The lowest BCUT2D eigenvalue weighted by atomic mass is 9.93. The molecular formula is C19H27N5O2. The summed E-state index contributed by atoms with van der Waals surface area (Å²) >= 11 is 0. The highest BCUT2D eigenvalue weighted by Gasteiger charge is 2.21. The Hall–Kier alpha value is -2.54. The predicted octanol–water partition coefficient (Wildman–Crippen LogP) is 1.52. The fourth-order valence-corrected chi connectivity index (χ4v) is 2.76. The number of hydrogen-bond donors (Lipinski definition) is 2. The van der Waals surface area contributed by atoms with Gasteiger partial charge in [0.1, 0.15) is 5.82 Å². The Kier molecular flexibility index (Phi) is 6.26. The number of nitrogens with two attached hydrogens (primary N) is 1. The second-order valence-electron chi connectivity index (χ2n) is 7.34. The summed E-state index contributed by atoms with van der Waals surface area (Å²) in [5, 5.41) is 0. The van der Waals surface area contributed by atoms with E-state index >= 15 is 0 Å². The molecule has 0 saturated heterocycles. The van der Waals surface area contributed by atoms with Crippen LogP contribution in [0.3, 0.4) is 0 Å². The molecule has 2 aromatic rings. The van der Waals surface area contributed by atoms with Crippen LogP contribution in [0.15, 0.2) is 29.3 Å². The molecule has 0 aliphatic rings. The number of aromatic amines is 1. The quantitative estimate of drug-likeness (QED) is 0.781. The summed E-state index contributed by atoms with van der Waals surface area (Å²) in [6.45, 7) is 6.91. The van der Waals surface area contributed by atoms with Crippen molar-refractivity contribution in [3.05, 3.63) is 46.1 Å². The van der Waals surface area contributed by atoms with Crippen LogP contribution >= 0.6 is 0 Å². The molecule has 1 amide bonds. The number of carbonyl (C=O) groups is 1. The average Bonchev–Trinajstić information content (AvgIpc) is 2.61. The minimum Gasteiger partial charge on any atom is -0.345 e. The van der Waals surface area contributed by atoms with Gasteiger partial charge in [-0.15, -0.1) is 0 Å². The molecule has 2 aromatic heterocycles. The number of pyridine rings is 1. The SMILES string of the molecule is Cc1nc(-c2cccnc2)[nH]c(=O)c1CCC(=O)N(C)CC(C)(C)CN. The summed E-state index contributed by atoms with van der Waals surface area (Å²) in [7, 11) is 1.76. The normalized spacial score (nSPS) is 11.4. The third-order valence-electron chi connectivity index (χ3n) is 4.39. The van der Waals surface area contributed by atoms with Crippen molar-refractivity contribution in [3.63, 3.8) is 0 Å². The van der Waals surface area contributed by atoms with E-state index in [9.17, 15) is 9.59 Å². The summed E-state index contributed by atoms with van der Waals surface area (Å²) in [5.41, 5.74) is 7.30. The van der Waals surface area contributed by atoms with Crippen LogP contribution in [0.25, 0.3) is 11.4 Å². The molecule has 26 heavy (non-hydrogen) atoms. The van der Waals surface area contributed by atoms with Crippen LogP contribution < -0.4 is 11.3 Å². The van der Waals surface area contributed by atoms with E-state index in [1.165, 1.54) is 0 Å². The van der Waals surface area contributed by atoms with Crippen LogP contribution in [0.2, 0.25) is 0 Å². The van der Waals surface area contributed by atoms with Gasteiger partial charge in [-0.25, -0.2) is 4.98 Å². The molecule has 0 saturated carbocycles. The molecule has 3 N–H and O–H groups in total. The van der Waals surface area contributed by atoms with Crippen LogP contribution in [-0.4, -0.2) is 45.9 Å². The van der Waals surface area contributed by atoms with Crippen molar-refractivity contribution in [1.82, 2.24) is 19.9 Å². The van der Waals surface area contributed by atoms with E-state index < -0.39 is 0 Å². The molecule has 0 radical (unpaired) electrons. The molecule has 7 nitrogen and oxygen atoms in total. The van der Waals surface area contributed by atoms with Gasteiger partial charge in [-0.1, -0.05) is 13.8 Å². The smallest absolute Gasteiger partial charge is 0.254 e. The second kappa shape index (κ2) is 8.23. The second-order valence-corrected chi connectivity index (χ2v) is 7.34. The number of nitrogens with zero attached hydrogens (tertiary/aromatic N) is 3. The number of nitrogens with one attached hydrogen (secondary N) is 1. The van der Waals surface area contributed by atoms with Gasteiger partial charge in [0.2, 0.25) is 5.91 Å². The van der Waals surface area contributed by atoms with Crippen molar-refractivity contribution in [2.24, 2.45) is 11.1 Å². The van der Waals surface area contributed by atoms with E-state index in [0.717, 1.165) is 5.56 Å². The number of H-pyrrole nitrogens is 1. The third kappa shape index (κ3) is 4.98. The molecule has 0 atom stereocenters. The Morgan fingerprint density at radius 1 is 1.38 bits per heavy atom. The highest BCUT2D eigenvalue weighted by atomic mass is 16.2. The van der Waals surface area contributed by atoms with Crippen molar-refractivity contribution >= 4 is 5.91 Å². The van der Waals surface area contributed by atoms with Gasteiger partial charge in [0.05, 0.1) is 0 Å². The number of amides is 1. The summed E-state index contributed by atoms with van der Waals surface area (Å²) in [6, 6.07) is 3.62. The molecule has 0 spiro atoms. The summed E-state index contributed by atoms with van der Waals surface area (Å²) in [5.74, 6) is 0.471. The maximum atomic E-state index is 12.4. The zero-order valence-electron chi connectivity index (χ0n) is 15.9. The molecular weight excluding hydrogens is 330 g/mol. The van der Waals surface area contributed by atoms with Crippen LogP contribution in [-0.2, 0) is 11.2 Å². The van der Waals surface area contributed by atoms with Crippen molar-refractivity contribution in [3.8, 4) is 11.4 Å². The summed E-state index contributed by atoms with van der Waals surface area (Å²) in [6.07, 6.45) is 3.93. The topological polar surface area (TPSA) is 105 Å². The van der Waals surface area contributed by atoms with Crippen LogP contribution in [0.5, 0.6) is 0 Å². The monoisotopic (exact) mass is 357 g/mol. The number of aromatic nitrogens is 3. The predicted molar refractivity (Wildman–Crippen MR) is 102 cm³/mol. The molecule has 7 heteroatoms. The molecule has 0 aliphatic heterocycles. The highest BCUT2D eigenvalue weighted by Crippen LogP contribution is 2.16. The third-order valence-corrected chi connectivity index (χ3v) is 4.39. The van der Waals surface area contributed by atoms with Crippen LogP contribution in [0, 0.1) is 12.3 Å². The average molecular weight is 357 g/mol. The fraction of sp³-hybridized carbons (Fsp3) is 0.474. The molecule has 140 valence electrons. The first-order chi connectivity index (χ1) is 12.2. The van der Waals surface area contributed by atoms with Crippen molar-refractivity contribution in [1.29, 1.82) is 0 Å². The minimum absolute atomic E-state index is 0.0124. The van der Waals surface area contributed by atoms with E-state index in [2.05, 4.69) is 15.0 Å². The van der Waals surface area contributed by atoms with E-state index in [4.69, 9.17) is 5.73 Å². The van der Waals surface area contributed by atoms with Gasteiger partial charge in [-0.2, -0.15) is 0 Å². The van der Waals surface area contributed by atoms with E-state index in [1.807, 2.05) is 19.9 Å². The molecule has 0 aromatic carbocycles. The van der Waals surface area contributed by atoms with Gasteiger partial charge in [-0.05, 0) is 37.4 Å². The minimum atomic E-state index is -0.214. The van der Waals surface area contributed by atoms with Crippen LogP contribution in [0.4, 0.5) is 0 Å². The molecule has 2 heterocycles. The van der Waals surface area contributed by atoms with Gasteiger partial charge < -0.3 is 15.6 Å². The van der Waals surface area contributed by atoms with Gasteiger partial charge in [0, 0.05) is 49.2 Å². The Morgan fingerprint density at radius 2 is 2.12 bits per heavy atom. The molecule has 2 rings (SSSR count). The maximum absolute atomic E-state index is 12.4. The lowest BCUT2D eigenvalue weighted by molar-refractivity contribution is -0.131. The maximum Gasteiger partial charge on any atom is 0.254 e. The van der Waals surface area contributed by atoms with Crippen molar-refractivity contribution in [2.75, 3.05) is 20.1 Å². The van der Waals surface area contributed by atoms with Gasteiger partial charge >= 0.3 is 0 Å². The van der Waals surface area contributed by atoms with Crippen LogP contribution in [0.1, 0.15) is 31.5 Å². The van der Waals surface area contributed by atoms with Gasteiger partial charge in [0.25, 0.3) is 5.56 Å². The van der Waals surface area contributed by atoms with Gasteiger partial charge in [0.15, 0.2) is 0 Å². The number of rotatable bonds is 7. The summed E-state index contributed by atoms with van der Waals surface area (Å²) in [4.78, 5) is 37.8. The fourth-order valence-electron chi connectivity index (χ4n) is 2.76. The van der Waals surface area contributed by atoms with E-state index in [1.54, 1.807) is 37.3 Å². The zero-order chi connectivity index (χ0) is 19.3. The first-order valence-corrected chi connectivity index (χ1v) is 8.68. The van der Waals surface area contributed by atoms with Gasteiger partial charge in [-0.3, -0.25) is 14.6 Å². The lowest BCUT2D eigenvalue weighted by Gasteiger charge is -2.29. The number of aryl methyl sites for hydroxylation is 1. The first kappa shape index (κ1) is 19.8. The highest BCUT2D eigenvalue weighted by molar-refractivity contribution is 5.76. The summed E-state index contributed by atoms with van der Waals surface area (Å²) < 4.78 is 0. The Labute approximate surface area is 153 Å². The lowest BCUT2D eigenvalue weighted by Crippen LogP contribution is -2.40. The largest absolute Gasteiger partial charge is 0.345 e. The molecule has 0 bridgehead atoms. The first-order valence-electron chi connectivity index (χ1n) is 8.68. The Morgan fingerprint density at radius 3 is 2.69 bits per heavy atom. The Bertz CT molecular complexity index is 814. The van der Waals surface area contributed by atoms with Crippen molar-refractivity contribution in [2.45, 2.75) is 33.6 Å². The standard InChI is InChI=1S/C19H27N5O2/c1-13-15(7-8-16(25)24(4)12-19(2,3)11-20)18(26)23-17(22-13)14-6-5-9-21-10-14/h5-6,9-10H,7-8,11-12,20H2,1-4H3,(H,22,23,26). The number of hydrogen-bond acceptors (Lipinski definition) is 5. The van der Waals surface area contributed by atoms with E-state index in [-0.39, 0.29) is 23.3 Å². The molecule has 0 fully saturated rings. The van der Waals surface area contributed by atoms with Crippen molar-refractivity contribution < 1.29 is 4.79 Å². The Balaban J connectivity index is 2.08. The van der Waals surface area contributed by atoms with E-state index in [0.29, 0.717) is 36.6 Å². The molecule has 0 unspecified atom stereocenters. The molecule has 0 aliphatic carbocycles. The zero-order valence-corrected chi connectivity index (χ0v) is 15.9.